The Labute approximate surface area is 112 Å². The van der Waals surface area contributed by atoms with Gasteiger partial charge >= 0.3 is 12.1 Å². The van der Waals surface area contributed by atoms with Crippen LogP contribution in [0.5, 0.6) is 0 Å². The van der Waals surface area contributed by atoms with Gasteiger partial charge in [-0.05, 0) is 20.8 Å². The molecule has 0 radical (unpaired) electrons. The van der Waals surface area contributed by atoms with Crippen LogP contribution in [-0.4, -0.2) is 38.5 Å². The molecule has 0 aliphatic carbocycles. The number of carbonyl (C=O) groups is 2. The molecule has 2 N–H and O–H groups in total. The molecule has 1 rings (SSSR count). The first-order valence-corrected chi connectivity index (χ1v) is 5.54. The van der Waals surface area contributed by atoms with Crippen LogP contribution in [0.2, 0.25) is 0 Å². The third kappa shape index (κ3) is 2.47. The van der Waals surface area contributed by atoms with E-state index in [1.807, 2.05) is 0 Å². The van der Waals surface area contributed by atoms with Gasteiger partial charge in [0, 0.05) is 12.7 Å². The smallest absolute Gasteiger partial charge is 0.422 e. The summed E-state index contributed by atoms with van der Waals surface area (Å²) in [5.41, 5.74) is -2.87. The topological polar surface area (TPSA) is 84.2 Å². The molecule has 1 atom stereocenters. The maximum atomic E-state index is 12.8. The van der Waals surface area contributed by atoms with E-state index in [0.29, 0.717) is 12.6 Å². The molecule has 1 aromatic rings. The second kappa shape index (κ2) is 4.80. The molecule has 1 unspecified atom stereocenters. The zero-order valence-electron chi connectivity index (χ0n) is 11.3. The third-order valence-electron chi connectivity index (χ3n) is 3.09. The molecule has 0 aliphatic rings. The monoisotopic (exact) mass is 293 g/mol. The number of nitrogens with one attached hydrogen (secondary N) is 1. The molecule has 1 aromatic heterocycles. The fraction of sp³-hybridized carbons (Fsp3) is 0.545. The first-order valence-electron chi connectivity index (χ1n) is 5.54. The molecule has 6 nitrogen and oxygen atoms in total. The molecule has 0 aliphatic heterocycles. The van der Waals surface area contributed by atoms with Gasteiger partial charge in [0.25, 0.3) is 5.91 Å². The van der Waals surface area contributed by atoms with Gasteiger partial charge in [-0.3, -0.25) is 9.48 Å². The lowest BCUT2D eigenvalue weighted by Crippen LogP contribution is -2.62. The molecule has 0 bridgehead atoms. The number of hydrogen-bond donors (Lipinski definition) is 2. The zero-order chi connectivity index (χ0) is 15.9. The molecule has 1 heterocycles. The molecular weight excluding hydrogens is 279 g/mol. The molecule has 0 spiro atoms. The van der Waals surface area contributed by atoms with Gasteiger partial charge in [0.1, 0.15) is 0 Å². The number of rotatable bonds is 3. The highest BCUT2D eigenvalue weighted by molar-refractivity contribution is 5.99. The minimum absolute atomic E-state index is 0.0655. The van der Waals surface area contributed by atoms with Crippen LogP contribution >= 0.6 is 0 Å². The van der Waals surface area contributed by atoms with Crippen molar-refractivity contribution in [3.05, 3.63) is 17.0 Å². The molecule has 112 valence electrons. The van der Waals surface area contributed by atoms with Crippen molar-refractivity contribution in [1.82, 2.24) is 15.1 Å². The molecule has 0 aromatic carbocycles. The Bertz CT molecular complexity index is 565. The fourth-order valence-corrected chi connectivity index (χ4v) is 1.64. The maximum absolute atomic E-state index is 12.8. The zero-order valence-corrected chi connectivity index (χ0v) is 11.3. The van der Waals surface area contributed by atoms with Gasteiger partial charge < -0.3 is 10.4 Å². The Morgan fingerprint density at radius 2 is 1.80 bits per heavy atom. The van der Waals surface area contributed by atoms with Crippen LogP contribution in [-0.2, 0) is 11.8 Å². The predicted molar refractivity (Wildman–Crippen MR) is 62.2 cm³/mol. The fourth-order valence-electron chi connectivity index (χ4n) is 1.64. The summed E-state index contributed by atoms with van der Waals surface area (Å²) >= 11 is 0. The van der Waals surface area contributed by atoms with Crippen LogP contribution in [0.1, 0.15) is 28.7 Å². The normalized spacial score (nSPS) is 14.8. The Morgan fingerprint density at radius 3 is 2.10 bits per heavy atom. The van der Waals surface area contributed by atoms with Crippen molar-refractivity contribution in [2.24, 2.45) is 7.05 Å². The second-order valence-corrected chi connectivity index (χ2v) is 4.55. The highest BCUT2D eigenvalue weighted by Crippen LogP contribution is 2.31. The number of aromatic nitrogens is 2. The number of aryl methyl sites for hydroxylation is 2. The summed E-state index contributed by atoms with van der Waals surface area (Å²) < 4.78 is 39.8. The van der Waals surface area contributed by atoms with Crippen LogP contribution in [0.3, 0.4) is 0 Å². The summed E-state index contributed by atoms with van der Waals surface area (Å²) in [5, 5.41) is 14.2. The number of aliphatic carboxylic acids is 1. The first kappa shape index (κ1) is 16.0. The number of halogens is 3. The van der Waals surface area contributed by atoms with Crippen LogP contribution in [0.4, 0.5) is 13.2 Å². The maximum Gasteiger partial charge on any atom is 0.422 e. The van der Waals surface area contributed by atoms with E-state index in [1.165, 1.54) is 30.9 Å². The van der Waals surface area contributed by atoms with Crippen molar-refractivity contribution in [3.63, 3.8) is 0 Å². The van der Waals surface area contributed by atoms with Gasteiger partial charge in [-0.25, -0.2) is 4.79 Å². The van der Waals surface area contributed by atoms with Crippen molar-refractivity contribution in [1.29, 1.82) is 0 Å². The Morgan fingerprint density at radius 1 is 1.30 bits per heavy atom. The summed E-state index contributed by atoms with van der Waals surface area (Å²) in [4.78, 5) is 22.8. The summed E-state index contributed by atoms with van der Waals surface area (Å²) in [6, 6.07) is 0. The number of carbonyl (C=O) groups excluding carboxylic acids is 1. The van der Waals surface area contributed by atoms with E-state index in [0.717, 1.165) is 0 Å². The van der Waals surface area contributed by atoms with E-state index < -0.39 is 23.6 Å². The summed E-state index contributed by atoms with van der Waals surface area (Å²) in [6.45, 7) is 3.35. The number of hydrogen-bond acceptors (Lipinski definition) is 3. The van der Waals surface area contributed by atoms with Crippen LogP contribution in [0, 0.1) is 13.8 Å². The lowest BCUT2D eigenvalue weighted by molar-refractivity contribution is -0.203. The molecular formula is C11H14F3N3O3. The molecule has 20 heavy (non-hydrogen) atoms. The summed E-state index contributed by atoms with van der Waals surface area (Å²) in [7, 11) is 1.53. The minimum Gasteiger partial charge on any atom is -0.479 e. The summed E-state index contributed by atoms with van der Waals surface area (Å²) in [5.74, 6) is -3.31. The molecule has 1 amide bonds. The van der Waals surface area contributed by atoms with Gasteiger partial charge in [0.15, 0.2) is 0 Å². The third-order valence-corrected chi connectivity index (χ3v) is 3.09. The van der Waals surface area contributed by atoms with Crippen molar-refractivity contribution in [2.75, 3.05) is 0 Å². The van der Waals surface area contributed by atoms with Gasteiger partial charge in [-0.15, -0.1) is 0 Å². The van der Waals surface area contributed by atoms with Crippen LogP contribution < -0.4 is 5.32 Å². The van der Waals surface area contributed by atoms with Gasteiger partial charge in [-0.2, -0.15) is 18.3 Å². The van der Waals surface area contributed by atoms with Crippen LogP contribution in [0.15, 0.2) is 0 Å². The van der Waals surface area contributed by atoms with E-state index in [2.05, 4.69) is 5.10 Å². The standard InChI is InChI=1S/C11H14F3N3O3/c1-5-7(6(2)17(4)16-5)8(18)15-10(3,9(19)20)11(12,13)14/h1-4H3,(H,15,18)(H,19,20). The first-order chi connectivity index (χ1) is 8.91. The largest absolute Gasteiger partial charge is 0.479 e. The number of nitrogens with zero attached hydrogens (tertiary/aromatic N) is 2. The van der Waals surface area contributed by atoms with Gasteiger partial charge in [0.05, 0.1) is 11.3 Å². The van der Waals surface area contributed by atoms with E-state index in [4.69, 9.17) is 5.11 Å². The molecule has 0 saturated heterocycles. The highest BCUT2D eigenvalue weighted by Gasteiger charge is 2.58. The Balaban J connectivity index is 3.20. The SMILES string of the molecule is Cc1nn(C)c(C)c1C(=O)NC(C)(C(=O)O)C(F)(F)F. The van der Waals surface area contributed by atoms with Gasteiger partial charge in [0.2, 0.25) is 5.54 Å². The minimum atomic E-state index is -5.13. The van der Waals surface area contributed by atoms with E-state index in [9.17, 15) is 22.8 Å². The second-order valence-electron chi connectivity index (χ2n) is 4.55. The van der Waals surface area contributed by atoms with Crippen molar-refractivity contribution in [2.45, 2.75) is 32.5 Å². The Kier molecular flexibility index (Phi) is 3.84. The average Bonchev–Trinajstić information content (AvgIpc) is 2.50. The molecule has 9 heteroatoms. The highest BCUT2D eigenvalue weighted by atomic mass is 19.4. The predicted octanol–water partition coefficient (Wildman–Crippen LogP) is 1.17. The van der Waals surface area contributed by atoms with Gasteiger partial charge in [-0.1, -0.05) is 0 Å². The number of carboxylic acid groups (broad SMARTS) is 1. The summed E-state index contributed by atoms with van der Waals surface area (Å²) in [6.07, 6.45) is -5.13. The van der Waals surface area contributed by atoms with Crippen molar-refractivity contribution < 1.29 is 27.9 Å². The molecule has 0 saturated carbocycles. The molecule has 0 fully saturated rings. The average molecular weight is 293 g/mol. The number of alkyl halides is 3. The van der Waals surface area contributed by atoms with Crippen LogP contribution in [0.25, 0.3) is 0 Å². The van der Waals surface area contributed by atoms with E-state index >= 15 is 0 Å². The quantitative estimate of drug-likeness (QED) is 0.876. The van der Waals surface area contributed by atoms with Crippen molar-refractivity contribution >= 4 is 11.9 Å². The lowest BCUT2D eigenvalue weighted by Gasteiger charge is -2.28. The Hall–Kier alpha value is -2.06. The van der Waals surface area contributed by atoms with E-state index in [1.54, 1.807) is 0 Å². The van der Waals surface area contributed by atoms with Crippen molar-refractivity contribution in [3.8, 4) is 0 Å². The number of carboxylic acids is 1. The van der Waals surface area contributed by atoms with E-state index in [-0.39, 0.29) is 11.3 Å². The number of amides is 1. The lowest BCUT2D eigenvalue weighted by atomic mass is 10.0.